The molecule has 140 valence electrons. The third kappa shape index (κ3) is 3.27. The van der Waals surface area contributed by atoms with Gasteiger partial charge in [0, 0.05) is 55.6 Å². The maximum Gasteiger partial charge on any atom is 0.0370 e. The van der Waals surface area contributed by atoms with Crippen LogP contribution in [0.3, 0.4) is 0 Å². The van der Waals surface area contributed by atoms with Crippen LogP contribution in [0.5, 0.6) is 0 Å². The maximum atomic E-state index is 2.54. The highest BCUT2D eigenvalue weighted by molar-refractivity contribution is 7.17. The van der Waals surface area contributed by atoms with E-state index >= 15 is 0 Å². The van der Waals surface area contributed by atoms with Crippen LogP contribution < -0.4 is 4.90 Å². The zero-order valence-corrected chi connectivity index (χ0v) is 17.0. The molecule has 1 saturated heterocycles. The first-order valence-electron chi connectivity index (χ1n) is 9.89. The Morgan fingerprint density at radius 1 is 0.889 bits per heavy atom. The Kier molecular flexibility index (Phi) is 4.43. The van der Waals surface area contributed by atoms with Gasteiger partial charge >= 0.3 is 0 Å². The number of thiophene rings is 1. The van der Waals surface area contributed by atoms with Gasteiger partial charge in [-0.25, -0.2) is 0 Å². The van der Waals surface area contributed by atoms with Crippen LogP contribution in [0.25, 0.3) is 10.1 Å². The van der Waals surface area contributed by atoms with Crippen molar-refractivity contribution in [1.82, 2.24) is 9.80 Å². The van der Waals surface area contributed by atoms with E-state index in [0.29, 0.717) is 5.92 Å². The lowest BCUT2D eigenvalue weighted by molar-refractivity contribution is 0.295. The molecule has 2 aromatic carbocycles. The monoisotopic (exact) mass is 377 g/mol. The van der Waals surface area contributed by atoms with Crippen LogP contribution in [-0.4, -0.2) is 56.6 Å². The molecule has 3 nitrogen and oxygen atoms in total. The summed E-state index contributed by atoms with van der Waals surface area (Å²) in [5, 5.41) is 3.57. The third-order valence-electron chi connectivity index (χ3n) is 6.18. The highest BCUT2D eigenvalue weighted by atomic mass is 32.1. The summed E-state index contributed by atoms with van der Waals surface area (Å²) in [4.78, 5) is 7.43. The molecule has 0 bridgehead atoms. The number of anilines is 1. The molecule has 27 heavy (non-hydrogen) atoms. The number of benzene rings is 2. The van der Waals surface area contributed by atoms with E-state index in [0.717, 1.165) is 39.3 Å². The molecule has 1 fully saturated rings. The molecule has 3 heterocycles. The number of likely N-dealkylation sites (N-methyl/N-ethyl adjacent to an activating group) is 2. The van der Waals surface area contributed by atoms with Gasteiger partial charge in [-0.15, -0.1) is 11.3 Å². The van der Waals surface area contributed by atoms with E-state index in [1.54, 1.807) is 0 Å². The Balaban J connectivity index is 1.49. The van der Waals surface area contributed by atoms with E-state index in [1.165, 1.54) is 32.5 Å². The second-order valence-corrected chi connectivity index (χ2v) is 9.09. The highest BCUT2D eigenvalue weighted by Gasteiger charge is 2.26. The Morgan fingerprint density at radius 3 is 2.59 bits per heavy atom. The van der Waals surface area contributed by atoms with Gasteiger partial charge in [-0.2, -0.15) is 0 Å². The zero-order valence-electron chi connectivity index (χ0n) is 16.2. The molecule has 0 radical (unpaired) electrons. The molecule has 1 unspecified atom stereocenters. The fraction of sp³-hybridized carbons (Fsp3) is 0.391. The Morgan fingerprint density at radius 2 is 1.74 bits per heavy atom. The van der Waals surface area contributed by atoms with Crippen LogP contribution in [0, 0.1) is 0 Å². The molecular formula is C23H27N3S. The predicted molar refractivity (Wildman–Crippen MR) is 116 cm³/mol. The molecule has 1 atom stereocenters. The molecule has 3 aromatic rings. The van der Waals surface area contributed by atoms with E-state index in [1.807, 2.05) is 11.3 Å². The van der Waals surface area contributed by atoms with E-state index in [4.69, 9.17) is 0 Å². The number of rotatable bonds is 2. The number of hydrogen-bond donors (Lipinski definition) is 0. The maximum absolute atomic E-state index is 2.54. The summed E-state index contributed by atoms with van der Waals surface area (Å²) >= 11 is 1.83. The lowest BCUT2D eigenvalue weighted by Crippen LogP contribution is -2.44. The van der Waals surface area contributed by atoms with Gasteiger partial charge in [0.05, 0.1) is 0 Å². The average Bonchev–Trinajstić information content (AvgIpc) is 3.15. The van der Waals surface area contributed by atoms with Crippen LogP contribution >= 0.6 is 11.3 Å². The normalized spacial score (nSPS) is 21.6. The molecule has 4 heteroatoms. The number of fused-ring (bicyclic) bond motifs is 2. The first-order chi connectivity index (χ1) is 13.2. The molecule has 0 saturated carbocycles. The van der Waals surface area contributed by atoms with Crippen molar-refractivity contribution in [2.24, 2.45) is 0 Å². The van der Waals surface area contributed by atoms with E-state index in [2.05, 4.69) is 76.6 Å². The van der Waals surface area contributed by atoms with Crippen molar-refractivity contribution in [1.29, 1.82) is 0 Å². The van der Waals surface area contributed by atoms with Crippen molar-refractivity contribution < 1.29 is 0 Å². The molecule has 0 aliphatic carbocycles. The molecule has 2 aliphatic rings. The lowest BCUT2D eigenvalue weighted by atomic mass is 9.84. The molecule has 2 aliphatic heterocycles. The van der Waals surface area contributed by atoms with Gasteiger partial charge in [-0.3, -0.25) is 0 Å². The van der Waals surface area contributed by atoms with Crippen LogP contribution in [0.15, 0.2) is 47.8 Å². The van der Waals surface area contributed by atoms with Gasteiger partial charge in [0.15, 0.2) is 0 Å². The summed E-state index contributed by atoms with van der Waals surface area (Å²) in [5.41, 5.74) is 5.85. The highest BCUT2D eigenvalue weighted by Crippen LogP contribution is 2.36. The minimum Gasteiger partial charge on any atom is -0.369 e. The second-order valence-electron chi connectivity index (χ2n) is 8.14. The predicted octanol–water partition coefficient (Wildman–Crippen LogP) is 4.23. The minimum absolute atomic E-state index is 0.463. The van der Waals surface area contributed by atoms with Crippen molar-refractivity contribution in [3.8, 4) is 0 Å². The van der Waals surface area contributed by atoms with E-state index < -0.39 is 0 Å². The van der Waals surface area contributed by atoms with Crippen molar-refractivity contribution in [2.75, 3.05) is 51.7 Å². The lowest BCUT2D eigenvalue weighted by Gasteiger charge is -2.36. The Hall–Kier alpha value is -1.88. The molecule has 0 N–H and O–H groups in total. The van der Waals surface area contributed by atoms with Crippen molar-refractivity contribution in [3.63, 3.8) is 0 Å². The standard InChI is InChI=1S/C23H27N3S/c1-24-8-10-26(11-9-24)20-4-5-21-19(14-20)15-25(2)16-22(21)17-3-6-23-18(13-17)7-12-27-23/h3-7,12-14,22H,8-11,15-16H2,1-2H3. The van der Waals surface area contributed by atoms with Crippen LogP contribution in [0.1, 0.15) is 22.6 Å². The smallest absolute Gasteiger partial charge is 0.0370 e. The summed E-state index contributed by atoms with van der Waals surface area (Å²) in [5.74, 6) is 0.463. The molecule has 1 aromatic heterocycles. The second kappa shape index (κ2) is 6.93. The number of hydrogen-bond acceptors (Lipinski definition) is 4. The fourth-order valence-electron chi connectivity index (χ4n) is 4.58. The van der Waals surface area contributed by atoms with Crippen molar-refractivity contribution >= 4 is 27.1 Å². The fourth-order valence-corrected chi connectivity index (χ4v) is 5.35. The summed E-state index contributed by atoms with van der Waals surface area (Å²) in [6.45, 7) is 6.71. The molecule has 5 rings (SSSR count). The topological polar surface area (TPSA) is 9.72 Å². The largest absolute Gasteiger partial charge is 0.369 e. The van der Waals surface area contributed by atoms with Gasteiger partial charge in [0.1, 0.15) is 0 Å². The minimum atomic E-state index is 0.463. The third-order valence-corrected chi connectivity index (χ3v) is 7.08. The van der Waals surface area contributed by atoms with Crippen LogP contribution in [0.4, 0.5) is 5.69 Å². The Bertz CT molecular complexity index is 955. The molecular weight excluding hydrogens is 350 g/mol. The first-order valence-corrected chi connectivity index (χ1v) is 10.8. The van der Waals surface area contributed by atoms with Crippen molar-refractivity contribution in [3.05, 3.63) is 64.5 Å². The van der Waals surface area contributed by atoms with Gasteiger partial charge in [0.25, 0.3) is 0 Å². The van der Waals surface area contributed by atoms with Gasteiger partial charge < -0.3 is 14.7 Å². The SMILES string of the molecule is CN1CCN(c2ccc3c(c2)CN(C)CC3c2ccc3sccc3c2)CC1. The summed E-state index contributed by atoms with van der Waals surface area (Å²) in [6, 6.07) is 16.5. The van der Waals surface area contributed by atoms with Crippen LogP contribution in [0.2, 0.25) is 0 Å². The number of piperazine rings is 1. The summed E-state index contributed by atoms with van der Waals surface area (Å²) in [6.07, 6.45) is 0. The van der Waals surface area contributed by atoms with E-state index in [-0.39, 0.29) is 0 Å². The van der Waals surface area contributed by atoms with Gasteiger partial charge in [0.2, 0.25) is 0 Å². The van der Waals surface area contributed by atoms with E-state index in [9.17, 15) is 0 Å². The van der Waals surface area contributed by atoms with Crippen molar-refractivity contribution in [2.45, 2.75) is 12.5 Å². The molecule has 0 amide bonds. The van der Waals surface area contributed by atoms with Crippen LogP contribution in [-0.2, 0) is 6.54 Å². The quantitative estimate of drug-likeness (QED) is 0.662. The van der Waals surface area contributed by atoms with Gasteiger partial charge in [-0.1, -0.05) is 12.1 Å². The number of nitrogens with zero attached hydrogens (tertiary/aromatic N) is 3. The van der Waals surface area contributed by atoms with Gasteiger partial charge in [-0.05, 0) is 71.9 Å². The zero-order chi connectivity index (χ0) is 18.4. The summed E-state index contributed by atoms with van der Waals surface area (Å²) < 4.78 is 1.38. The average molecular weight is 378 g/mol. The first kappa shape index (κ1) is 17.2. The molecule has 0 spiro atoms. The summed E-state index contributed by atoms with van der Waals surface area (Å²) in [7, 11) is 4.47. The Labute approximate surface area is 165 Å².